The molecule has 0 spiro atoms. The summed E-state index contributed by atoms with van der Waals surface area (Å²) in [6, 6.07) is 6.40. The van der Waals surface area contributed by atoms with Crippen molar-refractivity contribution in [2.24, 2.45) is 0 Å². The van der Waals surface area contributed by atoms with E-state index >= 15 is 0 Å². The number of hydrogen-bond acceptors (Lipinski definition) is 2. The first kappa shape index (κ1) is 9.46. The smallest absolute Gasteiger partial charge is 0.0501 e. The van der Waals surface area contributed by atoms with Gasteiger partial charge in [0, 0.05) is 19.0 Å². The van der Waals surface area contributed by atoms with Crippen molar-refractivity contribution in [2.75, 3.05) is 25.3 Å². The first-order valence-corrected chi connectivity index (χ1v) is 5.20. The maximum Gasteiger partial charge on any atom is 0.0501 e. The van der Waals surface area contributed by atoms with E-state index in [-0.39, 0.29) is 0 Å². The van der Waals surface area contributed by atoms with E-state index in [1.807, 2.05) is 11.8 Å². The molecule has 0 saturated carbocycles. The van der Waals surface area contributed by atoms with E-state index < -0.39 is 0 Å². The van der Waals surface area contributed by atoms with Gasteiger partial charge in [-0.15, -0.1) is 11.8 Å². The number of hydrogen-bond donors (Lipinski definition) is 0. The zero-order valence-electron chi connectivity index (χ0n) is 8.09. The highest BCUT2D eigenvalue weighted by atomic mass is 32.2. The summed E-state index contributed by atoms with van der Waals surface area (Å²) in [5, 5.41) is 0. The molecule has 0 aliphatic heterocycles. The Bertz CT molecular complexity index is 269. The van der Waals surface area contributed by atoms with Gasteiger partial charge in [-0.1, -0.05) is 12.1 Å². The van der Waals surface area contributed by atoms with Gasteiger partial charge in [0.15, 0.2) is 0 Å². The Balaban J connectivity index is 3.18. The van der Waals surface area contributed by atoms with Crippen molar-refractivity contribution in [1.29, 1.82) is 0 Å². The van der Waals surface area contributed by atoms with Gasteiger partial charge < -0.3 is 4.90 Å². The number of aryl methyl sites for hydroxylation is 1. The quantitative estimate of drug-likeness (QED) is 0.645. The molecule has 0 saturated heterocycles. The second-order valence-corrected chi connectivity index (χ2v) is 3.84. The summed E-state index contributed by atoms with van der Waals surface area (Å²) < 4.78 is 0. The minimum Gasteiger partial charge on any atom is -0.377 e. The summed E-state index contributed by atoms with van der Waals surface area (Å²) in [5.74, 6) is 0. The molecule has 0 fully saturated rings. The molecule has 1 rings (SSSR count). The van der Waals surface area contributed by atoms with Gasteiger partial charge in [-0.2, -0.15) is 0 Å². The molecule has 0 aromatic heterocycles. The molecule has 0 radical (unpaired) electrons. The molecule has 0 heterocycles. The second-order valence-electron chi connectivity index (χ2n) is 3.02. The third-order valence-corrected chi connectivity index (χ3v) is 2.82. The van der Waals surface area contributed by atoms with Gasteiger partial charge >= 0.3 is 0 Å². The Kier molecular flexibility index (Phi) is 3.04. The van der Waals surface area contributed by atoms with Gasteiger partial charge in [-0.05, 0) is 24.8 Å². The molecule has 66 valence electrons. The zero-order valence-corrected chi connectivity index (χ0v) is 8.90. The van der Waals surface area contributed by atoms with Gasteiger partial charge in [0.05, 0.1) is 5.69 Å². The van der Waals surface area contributed by atoms with Crippen LogP contribution in [-0.2, 0) is 0 Å². The van der Waals surface area contributed by atoms with Crippen LogP contribution in [0.4, 0.5) is 5.69 Å². The van der Waals surface area contributed by atoms with Crippen LogP contribution in [-0.4, -0.2) is 20.4 Å². The number of benzene rings is 1. The molecular weight excluding hydrogens is 166 g/mol. The van der Waals surface area contributed by atoms with Gasteiger partial charge in [0.25, 0.3) is 0 Å². The SMILES string of the molecule is CSc1c(C)cccc1N(C)C. The first-order valence-electron chi connectivity index (χ1n) is 3.97. The Morgan fingerprint density at radius 3 is 2.33 bits per heavy atom. The molecule has 0 aliphatic rings. The van der Waals surface area contributed by atoms with E-state index in [0.29, 0.717) is 0 Å². The lowest BCUT2D eigenvalue weighted by Crippen LogP contribution is -2.10. The fraction of sp³-hybridized carbons (Fsp3) is 0.400. The molecule has 1 nitrogen and oxygen atoms in total. The fourth-order valence-electron chi connectivity index (χ4n) is 1.25. The van der Waals surface area contributed by atoms with Crippen molar-refractivity contribution in [3.8, 4) is 0 Å². The number of anilines is 1. The van der Waals surface area contributed by atoms with Crippen molar-refractivity contribution in [3.05, 3.63) is 23.8 Å². The van der Waals surface area contributed by atoms with Crippen LogP contribution in [0.5, 0.6) is 0 Å². The van der Waals surface area contributed by atoms with Gasteiger partial charge in [0.1, 0.15) is 0 Å². The Morgan fingerprint density at radius 1 is 1.25 bits per heavy atom. The minimum atomic E-state index is 1.31. The molecule has 2 heteroatoms. The predicted octanol–water partition coefficient (Wildman–Crippen LogP) is 2.78. The van der Waals surface area contributed by atoms with Crippen LogP contribution >= 0.6 is 11.8 Å². The van der Waals surface area contributed by atoms with Crippen molar-refractivity contribution in [1.82, 2.24) is 0 Å². The third-order valence-electron chi connectivity index (χ3n) is 1.88. The van der Waals surface area contributed by atoms with Crippen LogP contribution in [0.1, 0.15) is 5.56 Å². The first-order chi connectivity index (χ1) is 5.66. The molecule has 0 atom stereocenters. The monoisotopic (exact) mass is 181 g/mol. The molecular formula is C10H15NS. The lowest BCUT2D eigenvalue weighted by molar-refractivity contribution is 1.08. The Morgan fingerprint density at radius 2 is 1.92 bits per heavy atom. The third kappa shape index (κ3) is 1.75. The molecule has 0 aliphatic carbocycles. The zero-order chi connectivity index (χ0) is 9.14. The van der Waals surface area contributed by atoms with Crippen molar-refractivity contribution >= 4 is 17.4 Å². The fourth-order valence-corrected chi connectivity index (χ4v) is 2.10. The number of rotatable bonds is 2. The van der Waals surface area contributed by atoms with E-state index in [9.17, 15) is 0 Å². The van der Waals surface area contributed by atoms with Crippen LogP contribution in [0.25, 0.3) is 0 Å². The average Bonchev–Trinajstić information content (AvgIpc) is 2.03. The molecule has 0 bridgehead atoms. The largest absolute Gasteiger partial charge is 0.377 e. The van der Waals surface area contributed by atoms with Crippen LogP contribution in [0.2, 0.25) is 0 Å². The topological polar surface area (TPSA) is 3.24 Å². The summed E-state index contributed by atoms with van der Waals surface area (Å²) in [6.07, 6.45) is 2.12. The van der Waals surface area contributed by atoms with Gasteiger partial charge in [-0.3, -0.25) is 0 Å². The van der Waals surface area contributed by atoms with Gasteiger partial charge in [-0.25, -0.2) is 0 Å². The maximum absolute atomic E-state index is 2.15. The van der Waals surface area contributed by atoms with Crippen molar-refractivity contribution < 1.29 is 0 Å². The van der Waals surface area contributed by atoms with E-state index in [1.54, 1.807) is 0 Å². The highest BCUT2D eigenvalue weighted by Crippen LogP contribution is 2.30. The number of nitrogens with zero attached hydrogens (tertiary/aromatic N) is 1. The summed E-state index contributed by atoms with van der Waals surface area (Å²) in [6.45, 7) is 2.15. The molecule has 12 heavy (non-hydrogen) atoms. The maximum atomic E-state index is 2.15. The van der Waals surface area contributed by atoms with E-state index in [1.165, 1.54) is 16.1 Å². The minimum absolute atomic E-state index is 1.31. The van der Waals surface area contributed by atoms with E-state index in [2.05, 4.69) is 50.4 Å². The second kappa shape index (κ2) is 3.85. The van der Waals surface area contributed by atoms with Gasteiger partial charge in [0.2, 0.25) is 0 Å². The molecule has 1 aromatic carbocycles. The van der Waals surface area contributed by atoms with Crippen LogP contribution in [0, 0.1) is 6.92 Å². The highest BCUT2D eigenvalue weighted by Gasteiger charge is 2.04. The average molecular weight is 181 g/mol. The Hall–Kier alpha value is -0.630. The van der Waals surface area contributed by atoms with Crippen LogP contribution in [0.3, 0.4) is 0 Å². The lowest BCUT2D eigenvalue weighted by atomic mass is 10.2. The van der Waals surface area contributed by atoms with Crippen LogP contribution < -0.4 is 4.90 Å². The van der Waals surface area contributed by atoms with Crippen LogP contribution in [0.15, 0.2) is 23.1 Å². The predicted molar refractivity (Wildman–Crippen MR) is 57.3 cm³/mol. The lowest BCUT2D eigenvalue weighted by Gasteiger charge is -2.17. The molecule has 0 N–H and O–H groups in total. The van der Waals surface area contributed by atoms with E-state index in [4.69, 9.17) is 0 Å². The molecule has 0 amide bonds. The summed E-state index contributed by atoms with van der Waals surface area (Å²) in [7, 11) is 4.16. The normalized spacial score (nSPS) is 10.0. The van der Waals surface area contributed by atoms with E-state index in [0.717, 1.165) is 0 Å². The molecule has 1 aromatic rings. The van der Waals surface area contributed by atoms with Crippen molar-refractivity contribution in [2.45, 2.75) is 11.8 Å². The number of thioether (sulfide) groups is 1. The summed E-state index contributed by atoms with van der Waals surface area (Å²) >= 11 is 1.81. The molecule has 0 unspecified atom stereocenters. The Labute approximate surface area is 78.8 Å². The van der Waals surface area contributed by atoms with Crippen molar-refractivity contribution in [3.63, 3.8) is 0 Å². The highest BCUT2D eigenvalue weighted by molar-refractivity contribution is 7.98. The standard InChI is InChI=1S/C10H15NS/c1-8-6-5-7-9(11(2)3)10(8)12-4/h5-7H,1-4H3. The summed E-state index contributed by atoms with van der Waals surface area (Å²) in [4.78, 5) is 3.53. The summed E-state index contributed by atoms with van der Waals surface area (Å²) in [5.41, 5.74) is 2.66.